The summed E-state index contributed by atoms with van der Waals surface area (Å²) in [5.41, 5.74) is 6.92. The van der Waals surface area contributed by atoms with Gasteiger partial charge in [0, 0.05) is 31.3 Å². The maximum Gasteiger partial charge on any atom is 0.248 e. The first-order valence-corrected chi connectivity index (χ1v) is 7.92. The Morgan fingerprint density at radius 2 is 2.04 bits per heavy atom. The van der Waals surface area contributed by atoms with E-state index in [-0.39, 0.29) is 0 Å². The minimum atomic E-state index is -0.397. The molecule has 1 saturated heterocycles. The van der Waals surface area contributed by atoms with E-state index in [0.29, 0.717) is 5.56 Å². The van der Waals surface area contributed by atoms with Crippen LogP contribution in [-0.2, 0) is 6.42 Å². The average Bonchev–Trinajstić information content (AvgIpc) is 3.10. The van der Waals surface area contributed by atoms with Gasteiger partial charge in [0.2, 0.25) is 5.91 Å². The molecule has 0 aliphatic carbocycles. The third kappa shape index (κ3) is 3.97. The van der Waals surface area contributed by atoms with Crippen molar-refractivity contribution in [2.75, 3.05) is 29.9 Å². The molecule has 3 rings (SSSR count). The van der Waals surface area contributed by atoms with E-state index in [1.54, 1.807) is 12.4 Å². The first-order valence-electron chi connectivity index (χ1n) is 7.92. The first-order chi connectivity index (χ1) is 11.2. The van der Waals surface area contributed by atoms with Crippen LogP contribution in [0.3, 0.4) is 0 Å². The fourth-order valence-corrected chi connectivity index (χ4v) is 2.78. The normalized spacial score (nSPS) is 14.0. The third-order valence-electron chi connectivity index (χ3n) is 4.01. The highest BCUT2D eigenvalue weighted by molar-refractivity contribution is 5.92. The molecule has 0 unspecified atom stereocenters. The molecule has 1 aromatic carbocycles. The van der Waals surface area contributed by atoms with Gasteiger partial charge in [-0.1, -0.05) is 12.1 Å². The van der Waals surface area contributed by atoms with E-state index in [1.165, 1.54) is 12.8 Å². The van der Waals surface area contributed by atoms with Crippen molar-refractivity contribution in [3.05, 3.63) is 47.8 Å². The smallest absolute Gasteiger partial charge is 0.248 e. The molecule has 0 radical (unpaired) electrons. The van der Waals surface area contributed by atoms with Gasteiger partial charge in [0.05, 0.1) is 0 Å². The molecule has 6 heteroatoms. The highest BCUT2D eigenvalue weighted by Crippen LogP contribution is 2.19. The van der Waals surface area contributed by atoms with E-state index in [4.69, 9.17) is 5.73 Å². The highest BCUT2D eigenvalue weighted by Gasteiger charge is 2.13. The molecule has 0 saturated carbocycles. The van der Waals surface area contributed by atoms with Crippen molar-refractivity contribution in [1.82, 2.24) is 9.97 Å². The quantitative estimate of drug-likeness (QED) is 0.850. The molecular weight excluding hydrogens is 290 g/mol. The zero-order chi connectivity index (χ0) is 16.1. The van der Waals surface area contributed by atoms with Crippen LogP contribution in [0, 0.1) is 0 Å². The van der Waals surface area contributed by atoms with Crippen molar-refractivity contribution in [2.24, 2.45) is 5.73 Å². The molecule has 1 fully saturated rings. The SMILES string of the molecule is NC(=O)c1cccc(CCNc2cc(N3CCCC3)ncn2)c1. The Bertz CT molecular complexity index is 682. The highest BCUT2D eigenvalue weighted by atomic mass is 16.1. The number of rotatable bonds is 6. The first kappa shape index (κ1) is 15.3. The van der Waals surface area contributed by atoms with E-state index in [0.717, 1.165) is 43.3 Å². The van der Waals surface area contributed by atoms with Crippen LogP contribution in [0.5, 0.6) is 0 Å². The largest absolute Gasteiger partial charge is 0.370 e. The summed E-state index contributed by atoms with van der Waals surface area (Å²) in [6, 6.07) is 9.40. The topological polar surface area (TPSA) is 84.1 Å². The van der Waals surface area contributed by atoms with Crippen LogP contribution in [0.15, 0.2) is 36.7 Å². The molecular formula is C17H21N5O. The number of primary amides is 1. The number of aromatic nitrogens is 2. The Balaban J connectivity index is 1.57. The maximum absolute atomic E-state index is 11.2. The van der Waals surface area contributed by atoms with Crippen molar-refractivity contribution in [2.45, 2.75) is 19.3 Å². The summed E-state index contributed by atoms with van der Waals surface area (Å²) in [7, 11) is 0. The zero-order valence-electron chi connectivity index (χ0n) is 13.0. The molecule has 1 aliphatic rings. The van der Waals surface area contributed by atoms with Crippen LogP contribution >= 0.6 is 0 Å². The number of hydrogen-bond donors (Lipinski definition) is 2. The number of nitrogens with zero attached hydrogens (tertiary/aromatic N) is 3. The van der Waals surface area contributed by atoms with Gasteiger partial charge in [-0.3, -0.25) is 4.79 Å². The monoisotopic (exact) mass is 311 g/mol. The van der Waals surface area contributed by atoms with Crippen LogP contribution < -0.4 is 16.0 Å². The van der Waals surface area contributed by atoms with Gasteiger partial charge < -0.3 is 16.0 Å². The van der Waals surface area contributed by atoms with E-state index in [1.807, 2.05) is 24.3 Å². The van der Waals surface area contributed by atoms with Gasteiger partial charge in [-0.2, -0.15) is 0 Å². The van der Waals surface area contributed by atoms with Gasteiger partial charge in [-0.15, -0.1) is 0 Å². The van der Waals surface area contributed by atoms with Gasteiger partial charge in [0.1, 0.15) is 18.0 Å². The van der Waals surface area contributed by atoms with Crippen LogP contribution in [0.4, 0.5) is 11.6 Å². The van der Waals surface area contributed by atoms with Crippen molar-refractivity contribution in [1.29, 1.82) is 0 Å². The second-order valence-electron chi connectivity index (χ2n) is 5.70. The number of hydrogen-bond acceptors (Lipinski definition) is 5. The van der Waals surface area contributed by atoms with Gasteiger partial charge >= 0.3 is 0 Å². The molecule has 2 heterocycles. The van der Waals surface area contributed by atoms with E-state index < -0.39 is 5.91 Å². The summed E-state index contributed by atoms with van der Waals surface area (Å²) in [5.74, 6) is 1.41. The molecule has 2 aromatic rings. The van der Waals surface area contributed by atoms with Crippen LogP contribution in [0.25, 0.3) is 0 Å². The van der Waals surface area contributed by atoms with Gasteiger partial charge in [-0.05, 0) is 37.0 Å². The van der Waals surface area contributed by atoms with E-state index in [2.05, 4.69) is 20.2 Å². The molecule has 0 atom stereocenters. The number of amides is 1. The Morgan fingerprint density at radius 1 is 1.22 bits per heavy atom. The lowest BCUT2D eigenvalue weighted by Crippen LogP contribution is -2.19. The molecule has 0 spiro atoms. The lowest BCUT2D eigenvalue weighted by atomic mass is 10.1. The summed E-state index contributed by atoms with van der Waals surface area (Å²) < 4.78 is 0. The summed E-state index contributed by atoms with van der Waals surface area (Å²) in [6.07, 6.45) is 4.85. The molecule has 3 N–H and O–H groups in total. The summed E-state index contributed by atoms with van der Waals surface area (Å²) in [6.45, 7) is 2.87. The lowest BCUT2D eigenvalue weighted by molar-refractivity contribution is 0.1000. The molecule has 1 aliphatic heterocycles. The lowest BCUT2D eigenvalue weighted by Gasteiger charge is -2.16. The third-order valence-corrected chi connectivity index (χ3v) is 4.01. The standard InChI is InChI=1S/C17H21N5O/c18-17(23)14-5-3-4-13(10-14)6-7-19-15-11-16(21-12-20-15)22-8-1-2-9-22/h3-5,10-12H,1-2,6-9H2,(H2,18,23)(H,19,20,21). The predicted molar refractivity (Wildman–Crippen MR) is 90.6 cm³/mol. The molecule has 6 nitrogen and oxygen atoms in total. The second kappa shape index (κ2) is 7.09. The number of nitrogens with one attached hydrogen (secondary N) is 1. The number of carbonyl (C=O) groups is 1. The van der Waals surface area contributed by atoms with E-state index in [9.17, 15) is 4.79 Å². The minimum absolute atomic E-state index is 0.397. The fourth-order valence-electron chi connectivity index (χ4n) is 2.78. The second-order valence-corrected chi connectivity index (χ2v) is 5.70. The Labute approximate surface area is 135 Å². The van der Waals surface area contributed by atoms with Crippen molar-refractivity contribution < 1.29 is 4.79 Å². The van der Waals surface area contributed by atoms with Gasteiger partial charge in [-0.25, -0.2) is 9.97 Å². The molecule has 23 heavy (non-hydrogen) atoms. The summed E-state index contributed by atoms with van der Waals surface area (Å²) in [4.78, 5) is 22.1. The Kier molecular flexibility index (Phi) is 4.71. The Morgan fingerprint density at radius 3 is 2.83 bits per heavy atom. The number of benzene rings is 1. The minimum Gasteiger partial charge on any atom is -0.370 e. The summed E-state index contributed by atoms with van der Waals surface area (Å²) >= 11 is 0. The number of nitrogens with two attached hydrogens (primary N) is 1. The number of anilines is 2. The average molecular weight is 311 g/mol. The fraction of sp³-hybridized carbons (Fsp3) is 0.353. The molecule has 0 bridgehead atoms. The Hall–Kier alpha value is -2.63. The van der Waals surface area contributed by atoms with Crippen molar-refractivity contribution in [3.8, 4) is 0 Å². The van der Waals surface area contributed by atoms with E-state index >= 15 is 0 Å². The zero-order valence-corrected chi connectivity index (χ0v) is 13.0. The molecule has 120 valence electrons. The van der Waals surface area contributed by atoms with Crippen molar-refractivity contribution in [3.63, 3.8) is 0 Å². The molecule has 1 aromatic heterocycles. The number of carbonyl (C=O) groups excluding carboxylic acids is 1. The van der Waals surface area contributed by atoms with Crippen LogP contribution in [0.1, 0.15) is 28.8 Å². The predicted octanol–water partition coefficient (Wildman–Crippen LogP) is 1.83. The summed E-state index contributed by atoms with van der Waals surface area (Å²) in [5, 5.41) is 3.31. The molecule has 1 amide bonds. The van der Waals surface area contributed by atoms with Gasteiger partial charge in [0.15, 0.2) is 0 Å². The van der Waals surface area contributed by atoms with Crippen LogP contribution in [0.2, 0.25) is 0 Å². The maximum atomic E-state index is 11.2. The van der Waals surface area contributed by atoms with Crippen LogP contribution in [-0.4, -0.2) is 35.5 Å². The van der Waals surface area contributed by atoms with Crippen molar-refractivity contribution >= 4 is 17.5 Å². The van der Waals surface area contributed by atoms with Gasteiger partial charge in [0.25, 0.3) is 0 Å².